The van der Waals surface area contributed by atoms with Gasteiger partial charge in [-0.3, -0.25) is 9.89 Å². The van der Waals surface area contributed by atoms with Crippen molar-refractivity contribution in [2.75, 3.05) is 12.3 Å². The maximum absolute atomic E-state index is 12.9. The molecule has 0 saturated heterocycles. The van der Waals surface area contributed by atoms with E-state index < -0.39 is 0 Å². The highest BCUT2D eigenvalue weighted by Crippen LogP contribution is 2.41. The first-order valence-electron chi connectivity index (χ1n) is 9.83. The number of H-pyrrole nitrogens is 1. The van der Waals surface area contributed by atoms with Gasteiger partial charge in [-0.05, 0) is 47.7 Å². The molecule has 1 amide bonds. The number of amides is 1. The van der Waals surface area contributed by atoms with Crippen LogP contribution in [-0.2, 0) is 6.54 Å². The average molecular weight is 383 g/mol. The van der Waals surface area contributed by atoms with Crippen molar-refractivity contribution in [3.8, 4) is 17.2 Å². The van der Waals surface area contributed by atoms with Crippen molar-refractivity contribution >= 4 is 22.5 Å². The van der Waals surface area contributed by atoms with Crippen LogP contribution in [0.15, 0.2) is 42.5 Å². The van der Waals surface area contributed by atoms with Crippen LogP contribution in [0.4, 0.5) is 5.69 Å². The van der Waals surface area contributed by atoms with Crippen LogP contribution in [0.2, 0.25) is 0 Å². The largest absolute Gasteiger partial charge is 0.398 e. The second kappa shape index (κ2) is 6.49. The lowest BCUT2D eigenvalue weighted by atomic mass is 9.81. The number of aromatic amines is 1. The number of aromatic nitrogens is 2. The topological polar surface area (TPSA) is 98.8 Å². The number of carbonyl (C=O) groups is 1. The summed E-state index contributed by atoms with van der Waals surface area (Å²) < 4.78 is 0. The highest BCUT2D eigenvalue weighted by Gasteiger charge is 2.32. The Morgan fingerprint density at radius 3 is 2.90 bits per heavy atom. The van der Waals surface area contributed by atoms with E-state index in [9.17, 15) is 4.79 Å². The lowest BCUT2D eigenvalue weighted by molar-refractivity contribution is 0.0794. The van der Waals surface area contributed by atoms with Crippen molar-refractivity contribution in [3.05, 3.63) is 59.3 Å². The van der Waals surface area contributed by atoms with Crippen LogP contribution < -0.4 is 5.73 Å². The summed E-state index contributed by atoms with van der Waals surface area (Å²) in [6, 6.07) is 12.1. The fourth-order valence-corrected chi connectivity index (χ4v) is 4.36. The summed E-state index contributed by atoms with van der Waals surface area (Å²) in [5.74, 6) is 0.389. The Labute approximate surface area is 168 Å². The van der Waals surface area contributed by atoms with Gasteiger partial charge >= 0.3 is 0 Å². The molecule has 1 aliphatic heterocycles. The number of carbonyl (C=O) groups excluding carboxylic acids is 1. The summed E-state index contributed by atoms with van der Waals surface area (Å²) >= 11 is 0. The number of nitrogens with two attached hydrogens (primary N) is 1. The van der Waals surface area contributed by atoms with Crippen molar-refractivity contribution in [2.24, 2.45) is 0 Å². The highest BCUT2D eigenvalue weighted by atomic mass is 16.2. The molecule has 6 heteroatoms. The van der Waals surface area contributed by atoms with E-state index in [0.717, 1.165) is 33.3 Å². The van der Waals surface area contributed by atoms with Gasteiger partial charge in [0.15, 0.2) is 0 Å². The third-order valence-corrected chi connectivity index (χ3v) is 6.13. The summed E-state index contributed by atoms with van der Waals surface area (Å²) in [6.07, 6.45) is 3.64. The number of benzene rings is 2. The summed E-state index contributed by atoms with van der Waals surface area (Å²) in [7, 11) is 0. The number of nitrogens with one attached hydrogen (secondary N) is 1. The molecule has 2 heterocycles. The molecule has 0 atom stereocenters. The van der Waals surface area contributed by atoms with Crippen molar-refractivity contribution in [1.82, 2.24) is 15.1 Å². The highest BCUT2D eigenvalue weighted by molar-refractivity contribution is 6.05. The van der Waals surface area contributed by atoms with Crippen LogP contribution in [0.3, 0.4) is 0 Å². The van der Waals surface area contributed by atoms with Crippen LogP contribution in [-0.4, -0.2) is 27.5 Å². The zero-order valence-electron chi connectivity index (χ0n) is 16.0. The standard InChI is InChI=1S/C23H21N5O/c1-13(10-24)11-28-12-18-16(6-7-19(25)21(18)23(28)29)15-5-8-20-17(9-15)22(27-26-20)14-3-2-4-14/h5-9,14H,1-4,11-12,25H2,(H,26,27). The summed E-state index contributed by atoms with van der Waals surface area (Å²) in [6.45, 7) is 4.35. The number of fused-ring (bicyclic) bond motifs is 2. The molecule has 1 saturated carbocycles. The van der Waals surface area contributed by atoms with E-state index in [2.05, 4.69) is 35.0 Å². The number of rotatable bonds is 4. The normalized spacial score (nSPS) is 16.0. The SMILES string of the molecule is C=C(C#N)CN1Cc2c(-c3ccc4[nH]nc(C5CCC5)c4c3)ccc(N)c2C1=O. The fourth-order valence-electron chi connectivity index (χ4n) is 4.36. The van der Waals surface area contributed by atoms with Crippen LogP contribution >= 0.6 is 0 Å². The number of hydrogen-bond acceptors (Lipinski definition) is 4. The van der Waals surface area contributed by atoms with E-state index in [0.29, 0.717) is 29.3 Å². The van der Waals surface area contributed by atoms with Crippen molar-refractivity contribution in [3.63, 3.8) is 0 Å². The summed E-state index contributed by atoms with van der Waals surface area (Å²) in [5.41, 5.74) is 12.6. The Kier molecular flexibility index (Phi) is 3.92. The number of nitriles is 1. The maximum atomic E-state index is 12.9. The number of anilines is 1. The van der Waals surface area contributed by atoms with Gasteiger partial charge in [0.05, 0.1) is 29.4 Å². The Morgan fingerprint density at radius 1 is 1.34 bits per heavy atom. The molecule has 3 aromatic rings. The zero-order chi connectivity index (χ0) is 20.1. The van der Waals surface area contributed by atoms with Gasteiger partial charge in [0.25, 0.3) is 5.91 Å². The molecule has 2 aliphatic rings. The Bertz CT molecular complexity index is 1210. The third kappa shape index (κ3) is 2.70. The molecule has 2 aromatic carbocycles. The van der Waals surface area contributed by atoms with E-state index in [1.807, 2.05) is 12.1 Å². The lowest BCUT2D eigenvalue weighted by Gasteiger charge is -2.23. The predicted octanol–water partition coefficient (Wildman–Crippen LogP) is 4.12. The molecule has 29 heavy (non-hydrogen) atoms. The van der Waals surface area contributed by atoms with Crippen LogP contribution in [0.5, 0.6) is 0 Å². The molecule has 144 valence electrons. The molecular formula is C23H21N5O. The van der Waals surface area contributed by atoms with Gasteiger partial charge < -0.3 is 10.6 Å². The smallest absolute Gasteiger partial charge is 0.256 e. The minimum absolute atomic E-state index is 0.143. The van der Waals surface area contributed by atoms with E-state index in [1.165, 1.54) is 19.3 Å². The van der Waals surface area contributed by atoms with Gasteiger partial charge in [0.1, 0.15) is 0 Å². The molecule has 5 rings (SSSR count). The molecular weight excluding hydrogens is 362 g/mol. The van der Waals surface area contributed by atoms with Gasteiger partial charge in [-0.1, -0.05) is 25.1 Å². The molecule has 1 fully saturated rings. The van der Waals surface area contributed by atoms with Crippen molar-refractivity contribution in [1.29, 1.82) is 5.26 Å². The monoisotopic (exact) mass is 383 g/mol. The number of hydrogen-bond donors (Lipinski definition) is 2. The third-order valence-electron chi connectivity index (χ3n) is 6.13. The minimum Gasteiger partial charge on any atom is -0.398 e. The van der Waals surface area contributed by atoms with E-state index in [4.69, 9.17) is 11.0 Å². The van der Waals surface area contributed by atoms with Gasteiger partial charge in [-0.15, -0.1) is 0 Å². The zero-order valence-corrected chi connectivity index (χ0v) is 16.0. The van der Waals surface area contributed by atoms with Gasteiger partial charge in [0.2, 0.25) is 0 Å². The number of nitrogen functional groups attached to an aromatic ring is 1. The Morgan fingerprint density at radius 2 is 2.17 bits per heavy atom. The summed E-state index contributed by atoms with van der Waals surface area (Å²) in [4.78, 5) is 14.5. The van der Waals surface area contributed by atoms with Gasteiger partial charge in [-0.2, -0.15) is 10.4 Å². The van der Waals surface area contributed by atoms with Crippen molar-refractivity contribution < 1.29 is 4.79 Å². The fraction of sp³-hybridized carbons (Fsp3) is 0.261. The molecule has 3 N–H and O–H groups in total. The predicted molar refractivity (Wildman–Crippen MR) is 112 cm³/mol. The Balaban J connectivity index is 1.59. The first kappa shape index (κ1) is 17.5. The van der Waals surface area contributed by atoms with Gasteiger partial charge in [0, 0.05) is 29.1 Å². The quantitative estimate of drug-likeness (QED) is 0.523. The first-order valence-corrected chi connectivity index (χ1v) is 9.83. The first-order chi connectivity index (χ1) is 14.1. The average Bonchev–Trinajstić information content (AvgIpc) is 3.23. The van der Waals surface area contributed by atoms with E-state index >= 15 is 0 Å². The second-order valence-corrected chi connectivity index (χ2v) is 7.93. The van der Waals surface area contributed by atoms with Crippen LogP contribution in [0.1, 0.15) is 46.8 Å². The molecule has 0 unspecified atom stereocenters. The molecule has 0 spiro atoms. The number of nitrogens with zero attached hydrogens (tertiary/aromatic N) is 3. The lowest BCUT2D eigenvalue weighted by Crippen LogP contribution is -2.26. The summed E-state index contributed by atoms with van der Waals surface area (Å²) in [5, 5.41) is 17.9. The van der Waals surface area contributed by atoms with Crippen molar-refractivity contribution in [2.45, 2.75) is 31.7 Å². The minimum atomic E-state index is -0.143. The molecule has 1 aliphatic carbocycles. The molecule has 0 bridgehead atoms. The Hall–Kier alpha value is -3.59. The molecule has 6 nitrogen and oxygen atoms in total. The van der Waals surface area contributed by atoms with E-state index in [1.54, 1.807) is 11.0 Å². The second-order valence-electron chi connectivity index (χ2n) is 7.93. The van der Waals surface area contributed by atoms with Crippen LogP contribution in [0.25, 0.3) is 22.0 Å². The molecule has 1 aromatic heterocycles. The maximum Gasteiger partial charge on any atom is 0.256 e. The van der Waals surface area contributed by atoms with E-state index in [-0.39, 0.29) is 12.5 Å². The molecule has 0 radical (unpaired) electrons. The van der Waals surface area contributed by atoms with Gasteiger partial charge in [-0.25, -0.2) is 0 Å². The van der Waals surface area contributed by atoms with Crippen LogP contribution in [0, 0.1) is 11.3 Å².